The van der Waals surface area contributed by atoms with Crippen molar-refractivity contribution in [3.63, 3.8) is 0 Å². The monoisotopic (exact) mass is 350 g/mol. The average Bonchev–Trinajstić information content (AvgIpc) is 3.10. The van der Waals surface area contributed by atoms with Crippen molar-refractivity contribution >= 4 is 17.4 Å². The van der Waals surface area contributed by atoms with Crippen LogP contribution < -0.4 is 5.32 Å². The number of carbonyl (C=O) groups excluding carboxylic acids is 1. The van der Waals surface area contributed by atoms with Crippen LogP contribution in [-0.2, 0) is 0 Å². The van der Waals surface area contributed by atoms with Gasteiger partial charge in [0.2, 0.25) is 0 Å². The molecule has 0 unspecified atom stereocenters. The summed E-state index contributed by atoms with van der Waals surface area (Å²) in [6, 6.07) is 15.3. The van der Waals surface area contributed by atoms with Crippen LogP contribution in [0.1, 0.15) is 35.7 Å². The maximum Gasteiger partial charge on any atom is 0.270 e. The number of hydrogen-bond acceptors (Lipinski definition) is 4. The molecule has 0 saturated heterocycles. The number of hydrogen-bond donors (Lipinski definition) is 2. The molecule has 1 amide bonds. The van der Waals surface area contributed by atoms with Crippen molar-refractivity contribution in [2.75, 3.05) is 5.32 Å². The molecule has 0 aliphatic carbocycles. The lowest BCUT2D eigenvalue weighted by Crippen LogP contribution is -2.12. The molecule has 1 heterocycles. The third kappa shape index (κ3) is 3.77. The van der Waals surface area contributed by atoms with Crippen LogP contribution in [0.3, 0.4) is 0 Å². The molecule has 0 spiro atoms. The third-order valence-electron chi connectivity index (χ3n) is 4.03. The fourth-order valence-corrected chi connectivity index (χ4v) is 2.53. The van der Waals surface area contributed by atoms with Gasteiger partial charge in [-0.1, -0.05) is 38.1 Å². The highest BCUT2D eigenvalue weighted by Gasteiger charge is 2.12. The number of aromatic nitrogens is 2. The van der Waals surface area contributed by atoms with E-state index in [9.17, 15) is 14.9 Å². The van der Waals surface area contributed by atoms with Crippen LogP contribution in [-0.4, -0.2) is 21.0 Å². The Bertz CT molecular complexity index is 945. The van der Waals surface area contributed by atoms with Crippen LogP contribution in [0.2, 0.25) is 0 Å². The number of rotatable bonds is 5. The summed E-state index contributed by atoms with van der Waals surface area (Å²) in [6.45, 7) is 4.18. The SMILES string of the molecule is CC(C)c1ccc(C(=O)Nc2cc(-c3cccc([N+](=O)[O-])c3)[nH]n2)cc1. The maximum atomic E-state index is 12.3. The summed E-state index contributed by atoms with van der Waals surface area (Å²) in [7, 11) is 0. The molecule has 0 fully saturated rings. The molecule has 132 valence electrons. The normalized spacial score (nSPS) is 10.7. The summed E-state index contributed by atoms with van der Waals surface area (Å²) in [5, 5.41) is 20.4. The zero-order chi connectivity index (χ0) is 18.7. The highest BCUT2D eigenvalue weighted by Crippen LogP contribution is 2.24. The molecule has 1 aromatic heterocycles. The van der Waals surface area contributed by atoms with Crippen LogP contribution in [0.4, 0.5) is 11.5 Å². The number of non-ortho nitro benzene ring substituents is 1. The Kier molecular flexibility index (Phi) is 4.79. The summed E-state index contributed by atoms with van der Waals surface area (Å²) < 4.78 is 0. The Morgan fingerprint density at radius 3 is 2.54 bits per heavy atom. The number of benzene rings is 2. The number of anilines is 1. The van der Waals surface area contributed by atoms with E-state index >= 15 is 0 Å². The Morgan fingerprint density at radius 2 is 1.88 bits per heavy atom. The van der Waals surface area contributed by atoms with E-state index in [-0.39, 0.29) is 11.6 Å². The molecule has 0 aliphatic rings. The van der Waals surface area contributed by atoms with Crippen molar-refractivity contribution in [1.29, 1.82) is 0 Å². The second-order valence-electron chi connectivity index (χ2n) is 6.21. The molecule has 7 nitrogen and oxygen atoms in total. The van der Waals surface area contributed by atoms with Gasteiger partial charge in [-0.25, -0.2) is 0 Å². The van der Waals surface area contributed by atoms with Crippen molar-refractivity contribution in [2.24, 2.45) is 0 Å². The lowest BCUT2D eigenvalue weighted by atomic mass is 10.0. The zero-order valence-corrected chi connectivity index (χ0v) is 14.4. The number of aromatic amines is 1. The van der Waals surface area contributed by atoms with Gasteiger partial charge in [-0.15, -0.1) is 0 Å². The standard InChI is InChI=1S/C19H18N4O3/c1-12(2)13-6-8-14(9-7-13)19(24)20-18-11-17(21-22-18)15-4-3-5-16(10-15)23(25)26/h3-12H,1-2H3,(H2,20,21,22,24). The fourth-order valence-electron chi connectivity index (χ4n) is 2.53. The number of nitro benzene ring substituents is 1. The van der Waals surface area contributed by atoms with Gasteiger partial charge in [0.1, 0.15) is 0 Å². The van der Waals surface area contributed by atoms with E-state index in [1.165, 1.54) is 12.1 Å². The highest BCUT2D eigenvalue weighted by atomic mass is 16.6. The van der Waals surface area contributed by atoms with Gasteiger partial charge >= 0.3 is 0 Å². The van der Waals surface area contributed by atoms with Crippen molar-refractivity contribution in [1.82, 2.24) is 10.2 Å². The number of amides is 1. The van der Waals surface area contributed by atoms with Crippen molar-refractivity contribution in [3.05, 3.63) is 75.8 Å². The van der Waals surface area contributed by atoms with E-state index in [4.69, 9.17) is 0 Å². The summed E-state index contributed by atoms with van der Waals surface area (Å²) >= 11 is 0. The van der Waals surface area contributed by atoms with E-state index in [1.807, 2.05) is 12.1 Å². The summed E-state index contributed by atoms with van der Waals surface area (Å²) in [4.78, 5) is 22.8. The lowest BCUT2D eigenvalue weighted by molar-refractivity contribution is -0.384. The largest absolute Gasteiger partial charge is 0.305 e. The molecule has 26 heavy (non-hydrogen) atoms. The fraction of sp³-hybridized carbons (Fsp3) is 0.158. The number of H-pyrrole nitrogens is 1. The molecule has 3 aromatic rings. The van der Waals surface area contributed by atoms with Gasteiger partial charge < -0.3 is 5.32 Å². The third-order valence-corrected chi connectivity index (χ3v) is 4.03. The second kappa shape index (κ2) is 7.18. The summed E-state index contributed by atoms with van der Waals surface area (Å²) in [5.41, 5.74) is 2.89. The molecule has 3 rings (SSSR count). The van der Waals surface area contributed by atoms with Gasteiger partial charge in [-0.3, -0.25) is 20.0 Å². The minimum atomic E-state index is -0.455. The van der Waals surface area contributed by atoms with E-state index in [2.05, 4.69) is 29.4 Å². The van der Waals surface area contributed by atoms with Gasteiger partial charge in [0.25, 0.3) is 11.6 Å². The number of nitrogens with zero attached hydrogens (tertiary/aromatic N) is 2. The molecule has 0 atom stereocenters. The first-order valence-corrected chi connectivity index (χ1v) is 8.15. The van der Waals surface area contributed by atoms with E-state index < -0.39 is 4.92 Å². The maximum absolute atomic E-state index is 12.3. The number of carbonyl (C=O) groups is 1. The molecule has 0 radical (unpaired) electrons. The molecule has 7 heteroatoms. The number of nitrogens with one attached hydrogen (secondary N) is 2. The Morgan fingerprint density at radius 1 is 1.15 bits per heavy atom. The van der Waals surface area contributed by atoms with Crippen LogP contribution in [0.15, 0.2) is 54.6 Å². The predicted octanol–water partition coefficient (Wildman–Crippen LogP) is 4.36. The summed E-state index contributed by atoms with van der Waals surface area (Å²) in [6.07, 6.45) is 0. The van der Waals surface area contributed by atoms with Crippen LogP contribution in [0.25, 0.3) is 11.3 Å². The van der Waals surface area contributed by atoms with Crippen LogP contribution in [0, 0.1) is 10.1 Å². The second-order valence-corrected chi connectivity index (χ2v) is 6.21. The number of nitro groups is 1. The minimum Gasteiger partial charge on any atom is -0.305 e. The smallest absolute Gasteiger partial charge is 0.270 e. The molecular weight excluding hydrogens is 332 g/mol. The summed E-state index contributed by atoms with van der Waals surface area (Å²) in [5.74, 6) is 0.484. The lowest BCUT2D eigenvalue weighted by Gasteiger charge is -2.06. The van der Waals surface area contributed by atoms with Gasteiger partial charge in [0.15, 0.2) is 5.82 Å². The van der Waals surface area contributed by atoms with E-state index in [1.54, 1.807) is 30.3 Å². The first-order valence-electron chi connectivity index (χ1n) is 8.15. The van der Waals surface area contributed by atoms with Gasteiger partial charge in [-0.2, -0.15) is 5.10 Å². The van der Waals surface area contributed by atoms with Gasteiger partial charge in [-0.05, 0) is 23.6 Å². The Labute approximate surface area is 150 Å². The van der Waals surface area contributed by atoms with Crippen molar-refractivity contribution < 1.29 is 9.72 Å². The highest BCUT2D eigenvalue weighted by molar-refractivity contribution is 6.04. The van der Waals surface area contributed by atoms with E-state index in [0.717, 1.165) is 5.56 Å². The first kappa shape index (κ1) is 17.3. The van der Waals surface area contributed by atoms with Gasteiger partial charge in [0, 0.05) is 29.3 Å². The van der Waals surface area contributed by atoms with Crippen molar-refractivity contribution in [3.8, 4) is 11.3 Å². The Hall–Kier alpha value is -3.48. The first-order chi connectivity index (χ1) is 12.4. The predicted molar refractivity (Wildman–Crippen MR) is 99.2 cm³/mol. The topological polar surface area (TPSA) is 101 Å². The average molecular weight is 350 g/mol. The minimum absolute atomic E-state index is 0.00655. The Balaban J connectivity index is 1.75. The molecule has 0 bridgehead atoms. The van der Waals surface area contributed by atoms with E-state index in [0.29, 0.717) is 28.6 Å². The zero-order valence-electron chi connectivity index (χ0n) is 14.4. The quantitative estimate of drug-likeness (QED) is 0.527. The van der Waals surface area contributed by atoms with Gasteiger partial charge in [0.05, 0.1) is 10.6 Å². The molecule has 2 N–H and O–H groups in total. The molecule has 2 aromatic carbocycles. The molecular formula is C19H18N4O3. The molecule has 0 saturated carbocycles. The van der Waals surface area contributed by atoms with Crippen LogP contribution >= 0.6 is 0 Å². The van der Waals surface area contributed by atoms with Crippen molar-refractivity contribution in [2.45, 2.75) is 19.8 Å². The van der Waals surface area contributed by atoms with Crippen LogP contribution in [0.5, 0.6) is 0 Å². The molecule has 0 aliphatic heterocycles.